The molecule has 3 nitrogen and oxygen atoms in total. The molecule has 0 bridgehead atoms. The van der Waals surface area contributed by atoms with Crippen molar-refractivity contribution in [1.29, 1.82) is 0 Å². The lowest BCUT2D eigenvalue weighted by Gasteiger charge is -2.43. The number of nitrogens with zero attached hydrogens (tertiary/aromatic N) is 1. The molecule has 1 spiro atoms. The third kappa shape index (κ3) is 4.80. The van der Waals surface area contributed by atoms with E-state index in [0.717, 1.165) is 25.7 Å². The van der Waals surface area contributed by atoms with Crippen molar-refractivity contribution in [3.63, 3.8) is 0 Å². The molecule has 3 fully saturated rings. The molecule has 0 N–H and O–H groups in total. The summed E-state index contributed by atoms with van der Waals surface area (Å²) in [6, 6.07) is 2.06. The van der Waals surface area contributed by atoms with Gasteiger partial charge in [-0.3, -0.25) is 0 Å². The van der Waals surface area contributed by atoms with Crippen LogP contribution in [0, 0.1) is 11.3 Å². The summed E-state index contributed by atoms with van der Waals surface area (Å²) in [5.41, 5.74) is 3.48. The van der Waals surface area contributed by atoms with E-state index >= 15 is 0 Å². The SMILES string of the molecule is C(=C1CCC2(CC1)CCC(COCCN1CCCC1)CC2)c1ccoc1. The molecule has 2 heterocycles. The molecule has 1 saturated heterocycles. The van der Waals surface area contributed by atoms with Gasteiger partial charge in [0.05, 0.1) is 19.1 Å². The van der Waals surface area contributed by atoms with Crippen molar-refractivity contribution in [2.24, 2.45) is 11.3 Å². The summed E-state index contributed by atoms with van der Waals surface area (Å²) in [7, 11) is 0. The Kier molecular flexibility index (Phi) is 6.16. The Morgan fingerprint density at radius 3 is 2.58 bits per heavy atom. The van der Waals surface area contributed by atoms with Crippen molar-refractivity contribution in [2.75, 3.05) is 32.8 Å². The summed E-state index contributed by atoms with van der Waals surface area (Å²) in [4.78, 5) is 2.55. The van der Waals surface area contributed by atoms with Crippen LogP contribution >= 0.6 is 0 Å². The van der Waals surface area contributed by atoms with Crippen molar-refractivity contribution >= 4 is 6.08 Å². The molecule has 1 aromatic heterocycles. The lowest BCUT2D eigenvalue weighted by molar-refractivity contribution is 0.0393. The summed E-state index contributed by atoms with van der Waals surface area (Å²) in [5.74, 6) is 0.807. The Morgan fingerprint density at radius 1 is 1.12 bits per heavy atom. The van der Waals surface area contributed by atoms with Gasteiger partial charge in [0, 0.05) is 18.7 Å². The molecule has 0 aromatic carbocycles. The molecule has 0 unspecified atom stereocenters. The second-order valence-electron chi connectivity index (χ2n) is 8.93. The molecule has 0 radical (unpaired) electrons. The first-order valence-corrected chi connectivity index (χ1v) is 10.8. The maximum atomic E-state index is 6.03. The summed E-state index contributed by atoms with van der Waals surface area (Å²) < 4.78 is 11.2. The molecule has 2 saturated carbocycles. The minimum atomic E-state index is 0.639. The normalized spacial score (nSPS) is 30.2. The minimum Gasteiger partial charge on any atom is -0.472 e. The number of likely N-dealkylation sites (tertiary alicyclic amines) is 1. The van der Waals surface area contributed by atoms with Crippen molar-refractivity contribution in [1.82, 2.24) is 4.90 Å². The second-order valence-corrected chi connectivity index (χ2v) is 8.93. The highest BCUT2D eigenvalue weighted by Gasteiger charge is 2.37. The number of hydrogen-bond acceptors (Lipinski definition) is 3. The van der Waals surface area contributed by atoms with Gasteiger partial charge in [-0.05, 0) is 94.7 Å². The van der Waals surface area contributed by atoms with Gasteiger partial charge in [-0.15, -0.1) is 0 Å². The molecule has 1 aromatic rings. The first kappa shape index (κ1) is 18.3. The van der Waals surface area contributed by atoms with E-state index in [2.05, 4.69) is 17.0 Å². The van der Waals surface area contributed by atoms with Gasteiger partial charge in [0.25, 0.3) is 0 Å². The van der Waals surface area contributed by atoms with E-state index in [0.29, 0.717) is 5.41 Å². The van der Waals surface area contributed by atoms with E-state index in [1.165, 1.54) is 82.9 Å². The number of hydrogen-bond donors (Lipinski definition) is 0. The summed E-state index contributed by atoms with van der Waals surface area (Å²) >= 11 is 0. The number of furan rings is 1. The van der Waals surface area contributed by atoms with E-state index in [1.54, 1.807) is 11.8 Å². The van der Waals surface area contributed by atoms with Gasteiger partial charge in [-0.25, -0.2) is 0 Å². The molecule has 26 heavy (non-hydrogen) atoms. The summed E-state index contributed by atoms with van der Waals surface area (Å²) in [6.07, 6.45) is 19.7. The molecule has 144 valence electrons. The van der Waals surface area contributed by atoms with Crippen LogP contribution in [0.3, 0.4) is 0 Å². The van der Waals surface area contributed by atoms with Gasteiger partial charge in [0.15, 0.2) is 0 Å². The van der Waals surface area contributed by atoms with Crippen LogP contribution in [0.15, 0.2) is 28.6 Å². The van der Waals surface area contributed by atoms with Crippen LogP contribution in [0.5, 0.6) is 0 Å². The molecular formula is C23H35NO2. The maximum Gasteiger partial charge on any atom is 0.0974 e. The van der Waals surface area contributed by atoms with E-state index in [1.807, 2.05) is 6.26 Å². The van der Waals surface area contributed by atoms with Crippen LogP contribution in [0.2, 0.25) is 0 Å². The molecule has 3 aliphatic rings. The largest absolute Gasteiger partial charge is 0.472 e. The van der Waals surface area contributed by atoms with Gasteiger partial charge in [-0.1, -0.05) is 11.6 Å². The molecule has 3 heteroatoms. The third-order valence-electron chi connectivity index (χ3n) is 7.14. The van der Waals surface area contributed by atoms with Crippen molar-refractivity contribution in [2.45, 2.75) is 64.2 Å². The van der Waals surface area contributed by atoms with Crippen LogP contribution in [0.1, 0.15) is 69.8 Å². The average molecular weight is 358 g/mol. The summed E-state index contributed by atoms with van der Waals surface area (Å²) in [6.45, 7) is 5.64. The Labute approximate surface area is 158 Å². The Morgan fingerprint density at radius 2 is 1.88 bits per heavy atom. The van der Waals surface area contributed by atoms with Crippen molar-refractivity contribution in [3.05, 3.63) is 29.7 Å². The lowest BCUT2D eigenvalue weighted by Crippen LogP contribution is -2.32. The fraction of sp³-hybridized carbons (Fsp3) is 0.739. The average Bonchev–Trinajstić information content (AvgIpc) is 3.37. The zero-order valence-electron chi connectivity index (χ0n) is 16.3. The monoisotopic (exact) mass is 357 g/mol. The van der Waals surface area contributed by atoms with E-state index < -0.39 is 0 Å². The molecule has 1 aliphatic heterocycles. The Balaban J connectivity index is 1.14. The molecule has 0 atom stereocenters. The standard InChI is InChI=1S/C23H35NO2/c1-2-13-24(12-1)14-16-26-18-21-5-10-23(11-6-21)8-3-20(4-9-23)17-22-7-15-25-19-22/h7,15,17,19,21H,1-6,8-14,16,18H2. The number of rotatable bonds is 6. The Hall–Kier alpha value is -1.06. The van der Waals surface area contributed by atoms with E-state index in [9.17, 15) is 0 Å². The fourth-order valence-electron chi connectivity index (χ4n) is 5.25. The molecule has 0 amide bonds. The maximum absolute atomic E-state index is 6.03. The van der Waals surface area contributed by atoms with Crippen molar-refractivity contribution in [3.8, 4) is 0 Å². The van der Waals surface area contributed by atoms with Crippen LogP contribution in [0.25, 0.3) is 6.08 Å². The number of allylic oxidation sites excluding steroid dienone is 1. The molecular weight excluding hydrogens is 322 g/mol. The predicted octanol–water partition coefficient (Wildman–Crippen LogP) is 5.53. The van der Waals surface area contributed by atoms with Gasteiger partial charge in [0.1, 0.15) is 0 Å². The highest BCUT2D eigenvalue weighted by molar-refractivity contribution is 5.51. The third-order valence-corrected chi connectivity index (χ3v) is 7.14. The Bertz CT molecular complexity index is 551. The zero-order valence-corrected chi connectivity index (χ0v) is 16.3. The van der Waals surface area contributed by atoms with E-state index in [4.69, 9.17) is 9.15 Å². The molecule has 2 aliphatic carbocycles. The first-order valence-electron chi connectivity index (χ1n) is 10.8. The van der Waals surface area contributed by atoms with Gasteiger partial charge >= 0.3 is 0 Å². The zero-order chi connectivity index (χ0) is 17.7. The number of ether oxygens (including phenoxy) is 1. The van der Waals surface area contributed by atoms with Crippen LogP contribution in [-0.4, -0.2) is 37.7 Å². The predicted molar refractivity (Wildman–Crippen MR) is 106 cm³/mol. The van der Waals surface area contributed by atoms with Gasteiger partial charge in [0.2, 0.25) is 0 Å². The van der Waals surface area contributed by atoms with Gasteiger partial charge < -0.3 is 14.1 Å². The topological polar surface area (TPSA) is 25.6 Å². The highest BCUT2D eigenvalue weighted by atomic mass is 16.5. The van der Waals surface area contributed by atoms with Crippen LogP contribution < -0.4 is 0 Å². The van der Waals surface area contributed by atoms with E-state index in [-0.39, 0.29) is 0 Å². The van der Waals surface area contributed by atoms with Crippen molar-refractivity contribution < 1.29 is 9.15 Å². The smallest absolute Gasteiger partial charge is 0.0974 e. The fourth-order valence-corrected chi connectivity index (χ4v) is 5.25. The summed E-state index contributed by atoms with van der Waals surface area (Å²) in [5, 5.41) is 0. The van der Waals surface area contributed by atoms with Gasteiger partial charge in [-0.2, -0.15) is 0 Å². The highest BCUT2D eigenvalue weighted by Crippen LogP contribution is 2.50. The molecule has 4 rings (SSSR count). The van der Waals surface area contributed by atoms with Crippen LogP contribution in [-0.2, 0) is 4.74 Å². The second kappa shape index (κ2) is 8.75. The quantitative estimate of drug-likeness (QED) is 0.626. The van der Waals surface area contributed by atoms with Crippen LogP contribution in [0.4, 0.5) is 0 Å². The lowest BCUT2D eigenvalue weighted by atomic mass is 9.62. The first-order chi connectivity index (χ1) is 12.8. The minimum absolute atomic E-state index is 0.639.